The van der Waals surface area contributed by atoms with Crippen LogP contribution in [0.1, 0.15) is 52.4 Å². The summed E-state index contributed by atoms with van der Waals surface area (Å²) < 4.78 is 41.8. The van der Waals surface area contributed by atoms with E-state index in [0.29, 0.717) is 21.9 Å². The smallest absolute Gasteiger partial charge is 0.406 e. The molecule has 0 saturated heterocycles. The van der Waals surface area contributed by atoms with Crippen LogP contribution in [0.15, 0.2) is 18.2 Å². The van der Waals surface area contributed by atoms with Gasteiger partial charge in [-0.25, -0.2) is 4.98 Å². The number of hydrogen-bond donors (Lipinski definition) is 3. The van der Waals surface area contributed by atoms with E-state index < -0.39 is 12.4 Å². The molecule has 1 atom stereocenters. The molecule has 1 aliphatic carbocycles. The van der Waals surface area contributed by atoms with Gasteiger partial charge in [0, 0.05) is 19.0 Å². The highest BCUT2D eigenvalue weighted by Crippen LogP contribution is 2.39. The van der Waals surface area contributed by atoms with Crippen LogP contribution in [0.4, 0.5) is 18.3 Å². The minimum absolute atomic E-state index is 0.0108. The number of benzene rings is 1. The van der Waals surface area contributed by atoms with Gasteiger partial charge in [0.25, 0.3) is 0 Å². The maximum absolute atomic E-state index is 12.8. The minimum Gasteiger partial charge on any atom is -0.406 e. The number of aromatic nitrogens is 1. The van der Waals surface area contributed by atoms with Crippen LogP contribution in [-0.2, 0) is 9.59 Å². The summed E-state index contributed by atoms with van der Waals surface area (Å²) >= 11 is 1.08. The van der Waals surface area contributed by atoms with Crippen LogP contribution < -0.4 is 21.1 Å². The van der Waals surface area contributed by atoms with Gasteiger partial charge in [0.2, 0.25) is 11.8 Å². The molecule has 1 aromatic heterocycles. The van der Waals surface area contributed by atoms with Crippen molar-refractivity contribution in [2.24, 2.45) is 17.1 Å². The van der Waals surface area contributed by atoms with Crippen LogP contribution >= 0.6 is 11.3 Å². The molecule has 182 valence electrons. The Morgan fingerprint density at radius 2 is 1.94 bits per heavy atom. The van der Waals surface area contributed by atoms with Gasteiger partial charge in [-0.2, -0.15) is 0 Å². The van der Waals surface area contributed by atoms with Crippen LogP contribution in [0.2, 0.25) is 0 Å². The molecule has 0 unspecified atom stereocenters. The average molecular weight is 487 g/mol. The molecule has 0 spiro atoms. The maximum Gasteiger partial charge on any atom is 0.573 e. The first-order valence-electron chi connectivity index (χ1n) is 11.0. The second-order valence-electron chi connectivity index (χ2n) is 8.97. The summed E-state index contributed by atoms with van der Waals surface area (Å²) in [6, 6.07) is 3.24. The van der Waals surface area contributed by atoms with Gasteiger partial charge in [-0.1, -0.05) is 44.4 Å². The summed E-state index contributed by atoms with van der Waals surface area (Å²) in [6.45, 7) is 4.13. The molecule has 7 nitrogen and oxygen atoms in total. The quantitative estimate of drug-likeness (QED) is 0.507. The third-order valence-corrected chi connectivity index (χ3v) is 6.88. The molecule has 0 bridgehead atoms. The monoisotopic (exact) mass is 486 g/mol. The number of ether oxygens (including phenoxy) is 1. The number of nitrogens with zero attached hydrogens (tertiary/aromatic N) is 1. The Morgan fingerprint density at radius 1 is 1.24 bits per heavy atom. The molecule has 11 heteroatoms. The van der Waals surface area contributed by atoms with Crippen molar-refractivity contribution in [3.8, 4) is 5.75 Å². The summed E-state index contributed by atoms with van der Waals surface area (Å²) in [7, 11) is 0. The lowest BCUT2D eigenvalue weighted by Gasteiger charge is -2.37. The van der Waals surface area contributed by atoms with Crippen molar-refractivity contribution in [1.82, 2.24) is 10.3 Å². The molecular weight excluding hydrogens is 457 g/mol. The zero-order valence-corrected chi connectivity index (χ0v) is 19.4. The van der Waals surface area contributed by atoms with Gasteiger partial charge in [0.05, 0.1) is 16.3 Å². The number of anilines is 1. The third kappa shape index (κ3) is 7.04. The SMILES string of the molecule is CC(C)[C@H](N)C(=O)NCC1(CC(=O)Nc2nc3ccc(OC(F)(F)F)cc3s2)CCCCC1. The number of nitrogens with one attached hydrogen (secondary N) is 2. The number of nitrogens with two attached hydrogens (primary N) is 1. The van der Waals surface area contributed by atoms with Crippen LogP contribution in [0.3, 0.4) is 0 Å². The van der Waals surface area contributed by atoms with E-state index in [4.69, 9.17) is 5.73 Å². The van der Waals surface area contributed by atoms with Gasteiger partial charge in [-0.3, -0.25) is 9.59 Å². The van der Waals surface area contributed by atoms with E-state index in [-0.39, 0.29) is 35.3 Å². The Kier molecular flexibility index (Phi) is 7.84. The standard InChI is InChI=1S/C22H29F3N4O3S/c1-13(2)18(26)19(31)27-12-21(8-4-3-5-9-21)11-17(30)29-20-28-15-7-6-14(10-16(15)33-20)32-22(23,24)25/h6-7,10,13,18H,3-5,8-9,11-12,26H2,1-2H3,(H,27,31)(H,28,29,30)/t18-/m0/s1. The number of amides is 2. The highest BCUT2D eigenvalue weighted by atomic mass is 32.1. The topological polar surface area (TPSA) is 106 Å². The van der Waals surface area contributed by atoms with Crippen molar-refractivity contribution >= 4 is 38.5 Å². The second-order valence-corrected chi connectivity index (χ2v) is 10.0. The third-order valence-electron chi connectivity index (χ3n) is 5.95. The van der Waals surface area contributed by atoms with Gasteiger partial charge in [0.1, 0.15) is 5.75 Å². The molecular formula is C22H29F3N4O3S. The molecule has 0 aliphatic heterocycles. The number of carbonyl (C=O) groups excluding carboxylic acids is 2. The lowest BCUT2D eigenvalue weighted by atomic mass is 9.71. The molecule has 2 aromatic rings. The number of thiazole rings is 1. The van der Waals surface area contributed by atoms with Crippen molar-refractivity contribution in [3.63, 3.8) is 0 Å². The predicted octanol–water partition coefficient (Wildman–Crippen LogP) is 4.57. The molecule has 1 heterocycles. The fourth-order valence-electron chi connectivity index (χ4n) is 4.07. The largest absolute Gasteiger partial charge is 0.573 e. The van der Waals surface area contributed by atoms with E-state index in [2.05, 4.69) is 20.4 Å². The Bertz CT molecular complexity index is 987. The molecule has 1 saturated carbocycles. The molecule has 0 radical (unpaired) electrons. The first-order chi connectivity index (χ1) is 15.5. The Hall–Kier alpha value is -2.40. The molecule has 3 rings (SSSR count). The highest BCUT2D eigenvalue weighted by Gasteiger charge is 2.35. The Labute approximate surface area is 194 Å². The summed E-state index contributed by atoms with van der Waals surface area (Å²) in [5.41, 5.74) is 6.04. The van der Waals surface area contributed by atoms with Crippen molar-refractivity contribution in [2.45, 2.75) is 64.8 Å². The van der Waals surface area contributed by atoms with Gasteiger partial charge < -0.3 is 21.1 Å². The Morgan fingerprint density at radius 3 is 2.58 bits per heavy atom. The van der Waals surface area contributed by atoms with Crippen molar-refractivity contribution in [2.75, 3.05) is 11.9 Å². The zero-order valence-electron chi connectivity index (χ0n) is 18.6. The Balaban J connectivity index is 1.66. The molecule has 1 fully saturated rings. The van der Waals surface area contributed by atoms with Gasteiger partial charge >= 0.3 is 6.36 Å². The van der Waals surface area contributed by atoms with E-state index in [9.17, 15) is 22.8 Å². The summed E-state index contributed by atoms with van der Waals surface area (Å²) in [4.78, 5) is 29.5. The lowest BCUT2D eigenvalue weighted by Crippen LogP contribution is -2.48. The minimum atomic E-state index is -4.78. The van der Waals surface area contributed by atoms with Gasteiger partial charge in [-0.05, 0) is 36.3 Å². The normalized spacial score (nSPS) is 17.1. The second kappa shape index (κ2) is 10.3. The number of hydrogen-bond acceptors (Lipinski definition) is 6. The number of halogens is 3. The lowest BCUT2D eigenvalue weighted by molar-refractivity contribution is -0.274. The molecule has 33 heavy (non-hydrogen) atoms. The number of carbonyl (C=O) groups is 2. The number of rotatable bonds is 8. The van der Waals surface area contributed by atoms with E-state index in [1.165, 1.54) is 18.2 Å². The maximum atomic E-state index is 12.8. The molecule has 1 aromatic carbocycles. The van der Waals surface area contributed by atoms with Crippen molar-refractivity contribution in [1.29, 1.82) is 0 Å². The number of fused-ring (bicyclic) bond motifs is 1. The first kappa shape index (κ1) is 25.2. The number of alkyl halides is 3. The van der Waals surface area contributed by atoms with Crippen molar-refractivity contribution in [3.05, 3.63) is 18.2 Å². The first-order valence-corrected chi connectivity index (χ1v) is 11.8. The highest BCUT2D eigenvalue weighted by molar-refractivity contribution is 7.22. The summed E-state index contributed by atoms with van der Waals surface area (Å²) in [5, 5.41) is 6.00. The fraction of sp³-hybridized carbons (Fsp3) is 0.591. The average Bonchev–Trinajstić information content (AvgIpc) is 3.12. The van der Waals surface area contributed by atoms with E-state index in [1.54, 1.807) is 0 Å². The van der Waals surface area contributed by atoms with Gasteiger partial charge in [0.15, 0.2) is 5.13 Å². The fourth-order valence-corrected chi connectivity index (χ4v) is 4.98. The van der Waals surface area contributed by atoms with Gasteiger partial charge in [-0.15, -0.1) is 13.2 Å². The van der Waals surface area contributed by atoms with Crippen LogP contribution in [0.25, 0.3) is 10.2 Å². The van der Waals surface area contributed by atoms with E-state index >= 15 is 0 Å². The molecule has 2 amide bonds. The molecule has 1 aliphatic rings. The van der Waals surface area contributed by atoms with Crippen LogP contribution in [0, 0.1) is 11.3 Å². The van der Waals surface area contributed by atoms with E-state index in [0.717, 1.165) is 43.4 Å². The summed E-state index contributed by atoms with van der Waals surface area (Å²) in [5.74, 6) is -0.798. The molecule has 4 N–H and O–H groups in total. The van der Waals surface area contributed by atoms with E-state index in [1.807, 2.05) is 13.8 Å². The zero-order chi connectivity index (χ0) is 24.2. The summed E-state index contributed by atoms with van der Waals surface area (Å²) in [6.07, 6.45) is 0.0972. The van der Waals surface area contributed by atoms with Crippen molar-refractivity contribution < 1.29 is 27.5 Å². The predicted molar refractivity (Wildman–Crippen MR) is 121 cm³/mol. The van der Waals surface area contributed by atoms with Crippen LogP contribution in [0.5, 0.6) is 5.75 Å². The van der Waals surface area contributed by atoms with Crippen LogP contribution in [-0.4, -0.2) is 35.7 Å².